The maximum absolute atomic E-state index is 13.2. The first-order chi connectivity index (χ1) is 13.7. The number of alkyl halides is 2. The molecule has 9 heteroatoms. The van der Waals surface area contributed by atoms with E-state index in [1.54, 1.807) is 18.5 Å². The van der Waals surface area contributed by atoms with Gasteiger partial charge in [0.25, 0.3) is 6.43 Å². The molecule has 0 aliphatic carbocycles. The van der Waals surface area contributed by atoms with Crippen molar-refractivity contribution in [2.24, 2.45) is 0 Å². The van der Waals surface area contributed by atoms with Crippen LogP contribution in [0, 0.1) is 0 Å². The molecule has 1 aliphatic heterocycles. The van der Waals surface area contributed by atoms with Crippen LogP contribution < -0.4 is 5.32 Å². The molecule has 1 fully saturated rings. The average molecular weight is 384 g/mol. The summed E-state index contributed by atoms with van der Waals surface area (Å²) < 4.78 is 33.2. The molecular weight excluding hydrogens is 366 g/mol. The maximum atomic E-state index is 13.2. The lowest BCUT2D eigenvalue weighted by Crippen LogP contribution is -2.28. The summed E-state index contributed by atoms with van der Waals surface area (Å²) in [6.07, 6.45) is 5.70. The van der Waals surface area contributed by atoms with Crippen molar-refractivity contribution in [1.82, 2.24) is 24.3 Å². The predicted octanol–water partition coefficient (Wildman–Crippen LogP) is 3.80. The van der Waals surface area contributed by atoms with Gasteiger partial charge in [0, 0.05) is 54.4 Å². The number of fused-ring (bicyclic) bond motifs is 2. The largest absolute Gasteiger partial charge is 0.381 e. The Morgan fingerprint density at radius 3 is 2.86 bits per heavy atom. The van der Waals surface area contributed by atoms with Gasteiger partial charge in [-0.15, -0.1) is 0 Å². The molecule has 5 heterocycles. The number of hydrogen-bond donors (Lipinski definition) is 2. The highest BCUT2D eigenvalue weighted by Gasteiger charge is 2.17. The van der Waals surface area contributed by atoms with Crippen LogP contribution in [0.2, 0.25) is 0 Å². The minimum absolute atomic E-state index is 0.129. The molecule has 144 valence electrons. The van der Waals surface area contributed by atoms with Crippen molar-refractivity contribution in [3.05, 3.63) is 42.6 Å². The fourth-order valence-electron chi connectivity index (χ4n) is 3.56. The van der Waals surface area contributed by atoms with E-state index >= 15 is 0 Å². The second-order valence-electron chi connectivity index (χ2n) is 6.82. The van der Waals surface area contributed by atoms with Crippen LogP contribution in [0.3, 0.4) is 0 Å². The van der Waals surface area contributed by atoms with Gasteiger partial charge < -0.3 is 15.0 Å². The molecule has 2 N–H and O–H groups in total. The van der Waals surface area contributed by atoms with E-state index in [1.165, 1.54) is 10.6 Å². The van der Waals surface area contributed by atoms with Crippen molar-refractivity contribution in [1.29, 1.82) is 0 Å². The van der Waals surface area contributed by atoms with Crippen molar-refractivity contribution in [2.45, 2.75) is 25.3 Å². The van der Waals surface area contributed by atoms with Gasteiger partial charge >= 0.3 is 0 Å². The van der Waals surface area contributed by atoms with Crippen molar-refractivity contribution in [3.63, 3.8) is 0 Å². The molecule has 5 rings (SSSR count). The van der Waals surface area contributed by atoms with Crippen LogP contribution in [0.5, 0.6) is 0 Å². The molecule has 0 unspecified atom stereocenters. The summed E-state index contributed by atoms with van der Waals surface area (Å²) >= 11 is 0. The van der Waals surface area contributed by atoms with E-state index in [4.69, 9.17) is 4.74 Å². The van der Waals surface area contributed by atoms with Crippen LogP contribution in [0.1, 0.15) is 25.0 Å². The number of pyridine rings is 1. The molecule has 4 aromatic heterocycles. The van der Waals surface area contributed by atoms with Gasteiger partial charge in [-0.3, -0.25) is 4.40 Å². The highest BCUT2D eigenvalue weighted by atomic mass is 19.3. The van der Waals surface area contributed by atoms with E-state index in [-0.39, 0.29) is 5.69 Å². The first kappa shape index (κ1) is 17.1. The Kier molecular flexibility index (Phi) is 4.16. The summed E-state index contributed by atoms with van der Waals surface area (Å²) in [5.74, 6) is 0.567. The smallest absolute Gasteiger partial charge is 0.280 e. The minimum atomic E-state index is -2.59. The number of rotatable bonds is 4. The summed E-state index contributed by atoms with van der Waals surface area (Å²) in [7, 11) is 0. The van der Waals surface area contributed by atoms with Gasteiger partial charge in [-0.1, -0.05) is 0 Å². The first-order valence-electron chi connectivity index (χ1n) is 9.13. The lowest BCUT2D eigenvalue weighted by molar-refractivity contribution is 0.0903. The van der Waals surface area contributed by atoms with Crippen LogP contribution in [0.15, 0.2) is 36.9 Å². The van der Waals surface area contributed by atoms with Gasteiger partial charge in [0.1, 0.15) is 17.0 Å². The Labute approximate surface area is 158 Å². The zero-order valence-electron chi connectivity index (χ0n) is 14.9. The summed E-state index contributed by atoms with van der Waals surface area (Å²) in [4.78, 5) is 16.2. The minimum Gasteiger partial charge on any atom is -0.381 e. The number of aromatic amines is 1. The number of halogens is 2. The third-order valence-electron chi connectivity index (χ3n) is 5.06. The molecule has 0 aromatic carbocycles. The normalized spacial score (nSPS) is 15.7. The number of imidazole rings is 1. The van der Waals surface area contributed by atoms with Crippen molar-refractivity contribution < 1.29 is 13.5 Å². The molecule has 0 bridgehead atoms. The second kappa shape index (κ2) is 6.83. The van der Waals surface area contributed by atoms with E-state index in [2.05, 4.69) is 25.3 Å². The number of hydrogen-bond acceptors (Lipinski definition) is 5. The molecule has 0 saturated carbocycles. The van der Waals surface area contributed by atoms with Crippen molar-refractivity contribution in [2.75, 3.05) is 18.5 Å². The van der Waals surface area contributed by atoms with Gasteiger partial charge in [-0.05, 0) is 25.0 Å². The topological polar surface area (TPSA) is 80.1 Å². The highest BCUT2D eigenvalue weighted by molar-refractivity contribution is 5.93. The molecule has 0 spiro atoms. The number of aromatic nitrogens is 5. The summed E-state index contributed by atoms with van der Waals surface area (Å²) in [6, 6.07) is 3.88. The predicted molar refractivity (Wildman–Crippen MR) is 100 cm³/mol. The maximum Gasteiger partial charge on any atom is 0.280 e. The van der Waals surface area contributed by atoms with Crippen LogP contribution in [0.25, 0.3) is 27.8 Å². The van der Waals surface area contributed by atoms with Gasteiger partial charge in [0.05, 0.1) is 6.20 Å². The highest BCUT2D eigenvalue weighted by Crippen LogP contribution is 2.29. The Balaban J connectivity index is 1.49. The fraction of sp³-hybridized carbons (Fsp3) is 0.316. The fourth-order valence-corrected chi connectivity index (χ4v) is 3.56. The van der Waals surface area contributed by atoms with Gasteiger partial charge in [-0.2, -0.15) is 4.98 Å². The lowest BCUT2D eigenvalue weighted by Gasteiger charge is -2.22. The molecular formula is C19H18F2N6O. The quantitative estimate of drug-likeness (QED) is 0.559. The van der Waals surface area contributed by atoms with Gasteiger partial charge in [0.15, 0.2) is 0 Å². The third-order valence-corrected chi connectivity index (χ3v) is 5.06. The summed E-state index contributed by atoms with van der Waals surface area (Å²) in [6.45, 7) is 1.48. The molecule has 0 amide bonds. The number of nitrogens with one attached hydrogen (secondary N) is 2. The summed E-state index contributed by atoms with van der Waals surface area (Å²) in [5, 5.41) is 4.17. The molecule has 0 atom stereocenters. The molecule has 7 nitrogen and oxygen atoms in total. The van der Waals surface area contributed by atoms with Crippen molar-refractivity contribution >= 4 is 22.6 Å². The molecule has 0 radical (unpaired) electrons. The standard InChI is InChI=1S/C19H18F2N6O/c20-17(21)15-9-22-16-2-1-11(10-27(15)16)13-7-23-18-14(13)8-24-19(26-18)25-12-3-5-28-6-4-12/h1-2,7-10,12,17H,3-6H2,(H2,23,24,25,26). The Morgan fingerprint density at radius 2 is 2.04 bits per heavy atom. The van der Waals surface area contributed by atoms with Crippen LogP contribution >= 0.6 is 0 Å². The van der Waals surface area contributed by atoms with E-state index < -0.39 is 6.43 Å². The zero-order chi connectivity index (χ0) is 19.1. The van der Waals surface area contributed by atoms with E-state index in [9.17, 15) is 8.78 Å². The van der Waals surface area contributed by atoms with Crippen molar-refractivity contribution in [3.8, 4) is 11.1 Å². The second-order valence-corrected chi connectivity index (χ2v) is 6.82. The summed E-state index contributed by atoms with van der Waals surface area (Å²) in [5.41, 5.74) is 2.68. The Bertz CT molecular complexity index is 1130. The molecule has 28 heavy (non-hydrogen) atoms. The first-order valence-corrected chi connectivity index (χ1v) is 9.13. The van der Waals surface area contributed by atoms with Gasteiger partial charge in [0.2, 0.25) is 5.95 Å². The SMILES string of the molecule is FC(F)c1cnc2ccc(-c3c[nH]c4nc(NC5CCOCC5)ncc34)cn12. The molecule has 1 aliphatic rings. The Morgan fingerprint density at radius 1 is 1.18 bits per heavy atom. The number of anilines is 1. The number of nitrogens with zero attached hydrogens (tertiary/aromatic N) is 4. The van der Waals surface area contributed by atoms with Crippen LogP contribution in [0.4, 0.5) is 14.7 Å². The van der Waals surface area contributed by atoms with E-state index in [1.807, 2.05) is 12.3 Å². The zero-order valence-corrected chi connectivity index (χ0v) is 14.9. The third kappa shape index (κ3) is 2.97. The monoisotopic (exact) mass is 384 g/mol. The number of H-pyrrole nitrogens is 1. The molecule has 1 saturated heterocycles. The Hall–Kier alpha value is -3.07. The molecule has 4 aromatic rings. The van der Waals surface area contributed by atoms with Crippen LogP contribution in [-0.4, -0.2) is 43.6 Å². The average Bonchev–Trinajstić information content (AvgIpc) is 3.32. The number of ether oxygens (including phenoxy) is 1. The van der Waals surface area contributed by atoms with E-state index in [0.29, 0.717) is 23.3 Å². The lowest BCUT2D eigenvalue weighted by atomic mass is 10.1. The van der Waals surface area contributed by atoms with Gasteiger partial charge in [-0.25, -0.2) is 18.7 Å². The van der Waals surface area contributed by atoms with Crippen LogP contribution in [-0.2, 0) is 4.74 Å². The van der Waals surface area contributed by atoms with E-state index in [0.717, 1.165) is 42.6 Å².